The fourth-order valence-corrected chi connectivity index (χ4v) is 6.09. The summed E-state index contributed by atoms with van der Waals surface area (Å²) in [4.78, 5) is 15.3. The van der Waals surface area contributed by atoms with Gasteiger partial charge in [-0.05, 0) is 93.6 Å². The first-order chi connectivity index (χ1) is 15.3. The second kappa shape index (κ2) is 9.73. The monoisotopic (exact) mass is 455 g/mol. The molecule has 4 rings (SSSR count). The van der Waals surface area contributed by atoms with Gasteiger partial charge in [0.15, 0.2) is 0 Å². The number of hydrogen-bond donors (Lipinski definition) is 1. The molecule has 172 valence electrons. The zero-order chi connectivity index (χ0) is 22.7. The van der Waals surface area contributed by atoms with Gasteiger partial charge >= 0.3 is 0 Å². The number of fused-ring (bicyclic) bond motifs is 1. The van der Waals surface area contributed by atoms with Gasteiger partial charge in [0, 0.05) is 31.2 Å². The molecule has 6 nitrogen and oxygen atoms in total. The Morgan fingerprint density at radius 3 is 2.41 bits per heavy atom. The van der Waals surface area contributed by atoms with Crippen molar-refractivity contribution in [3.63, 3.8) is 0 Å². The molecule has 0 aromatic heterocycles. The predicted octanol–water partition coefficient (Wildman–Crippen LogP) is 3.32. The van der Waals surface area contributed by atoms with Crippen LogP contribution < -0.4 is 5.32 Å². The van der Waals surface area contributed by atoms with Crippen molar-refractivity contribution in [3.05, 3.63) is 59.2 Å². The van der Waals surface area contributed by atoms with Crippen LogP contribution >= 0.6 is 0 Å². The van der Waals surface area contributed by atoms with E-state index in [1.807, 2.05) is 36.4 Å². The van der Waals surface area contributed by atoms with E-state index >= 15 is 0 Å². The van der Waals surface area contributed by atoms with Gasteiger partial charge in [0.05, 0.1) is 4.90 Å². The van der Waals surface area contributed by atoms with Crippen molar-refractivity contribution >= 4 is 21.6 Å². The summed E-state index contributed by atoms with van der Waals surface area (Å²) in [5.74, 6) is -0.199. The Morgan fingerprint density at radius 1 is 1.03 bits per heavy atom. The number of piperidine rings is 1. The molecule has 2 aromatic rings. The smallest absolute Gasteiger partial charge is 0.243 e. The van der Waals surface area contributed by atoms with Crippen LogP contribution in [0, 0.1) is 5.92 Å². The molecular weight excluding hydrogens is 422 g/mol. The van der Waals surface area contributed by atoms with Crippen LogP contribution in [0.5, 0.6) is 0 Å². The number of aryl methyl sites for hydroxylation is 2. The second-order valence-electron chi connectivity index (χ2n) is 9.20. The Labute approximate surface area is 191 Å². The van der Waals surface area contributed by atoms with Crippen LogP contribution in [-0.2, 0) is 34.1 Å². The molecule has 0 spiro atoms. The van der Waals surface area contributed by atoms with E-state index in [1.54, 1.807) is 6.07 Å². The van der Waals surface area contributed by atoms with Gasteiger partial charge in [-0.1, -0.05) is 18.2 Å². The lowest BCUT2D eigenvalue weighted by Crippen LogP contribution is -2.41. The second-order valence-corrected chi connectivity index (χ2v) is 11.1. The maximum Gasteiger partial charge on any atom is 0.243 e. The van der Waals surface area contributed by atoms with Gasteiger partial charge in [-0.15, -0.1) is 0 Å². The number of likely N-dealkylation sites (N-methyl/N-ethyl adjacent to an activating group) is 1. The van der Waals surface area contributed by atoms with Gasteiger partial charge in [0.1, 0.15) is 0 Å². The molecule has 2 aromatic carbocycles. The van der Waals surface area contributed by atoms with Crippen molar-refractivity contribution in [3.8, 4) is 0 Å². The molecule has 1 saturated heterocycles. The summed E-state index contributed by atoms with van der Waals surface area (Å²) in [5, 5.41) is 3.00. The minimum Gasteiger partial charge on any atom is -0.326 e. The van der Waals surface area contributed by atoms with Crippen LogP contribution in [0.25, 0.3) is 0 Å². The average Bonchev–Trinajstić information content (AvgIpc) is 3.26. The molecule has 0 unspecified atom stereocenters. The normalized spacial score (nSPS) is 17.5. The Bertz CT molecular complexity index is 1060. The van der Waals surface area contributed by atoms with Gasteiger partial charge in [-0.3, -0.25) is 4.79 Å². The van der Waals surface area contributed by atoms with E-state index in [2.05, 4.69) is 24.3 Å². The summed E-state index contributed by atoms with van der Waals surface area (Å²) in [6.45, 7) is 1.74. The van der Waals surface area contributed by atoms with Crippen molar-refractivity contribution in [1.29, 1.82) is 0 Å². The zero-order valence-corrected chi connectivity index (χ0v) is 19.8. The Balaban J connectivity index is 1.31. The molecule has 0 saturated carbocycles. The van der Waals surface area contributed by atoms with Gasteiger partial charge in [-0.2, -0.15) is 4.31 Å². The van der Waals surface area contributed by atoms with Crippen LogP contribution in [-0.4, -0.2) is 57.3 Å². The third kappa shape index (κ3) is 5.22. The number of anilines is 1. The number of nitrogens with one attached hydrogen (secondary N) is 1. The molecule has 1 aliphatic carbocycles. The number of carbonyl (C=O) groups is 1. The summed E-state index contributed by atoms with van der Waals surface area (Å²) in [7, 11) is 0.595. The highest BCUT2D eigenvalue weighted by molar-refractivity contribution is 7.89. The topological polar surface area (TPSA) is 69.7 Å². The summed E-state index contributed by atoms with van der Waals surface area (Å²) >= 11 is 0. The van der Waals surface area contributed by atoms with E-state index in [1.165, 1.54) is 15.4 Å². The van der Waals surface area contributed by atoms with Crippen molar-refractivity contribution in [1.82, 2.24) is 9.21 Å². The molecule has 1 heterocycles. The van der Waals surface area contributed by atoms with Crippen molar-refractivity contribution in [2.75, 3.05) is 39.0 Å². The largest absolute Gasteiger partial charge is 0.326 e. The minimum absolute atomic E-state index is 0.0272. The van der Waals surface area contributed by atoms with Crippen molar-refractivity contribution < 1.29 is 13.2 Å². The maximum absolute atomic E-state index is 13.1. The van der Waals surface area contributed by atoms with E-state index in [-0.39, 0.29) is 11.8 Å². The number of rotatable bonds is 7. The lowest BCUT2D eigenvalue weighted by molar-refractivity contribution is -0.120. The number of benzene rings is 2. The van der Waals surface area contributed by atoms with Gasteiger partial charge < -0.3 is 10.2 Å². The molecule has 0 radical (unpaired) electrons. The van der Waals surface area contributed by atoms with E-state index < -0.39 is 10.0 Å². The Hall–Kier alpha value is -2.22. The van der Waals surface area contributed by atoms with Crippen LogP contribution in [0.15, 0.2) is 47.4 Å². The molecular formula is C25H33N3O3S. The molecule has 1 amide bonds. The minimum atomic E-state index is -3.51. The van der Waals surface area contributed by atoms with Crippen LogP contribution in [0.3, 0.4) is 0 Å². The number of sulfonamides is 1. The third-order valence-electron chi connectivity index (χ3n) is 6.60. The fraction of sp³-hybridized carbons (Fsp3) is 0.480. The summed E-state index contributed by atoms with van der Waals surface area (Å²) < 4.78 is 27.7. The number of amides is 1. The molecule has 2 aliphatic rings. The molecule has 1 fully saturated rings. The van der Waals surface area contributed by atoms with Gasteiger partial charge in [0.25, 0.3) is 0 Å². The predicted molar refractivity (Wildman–Crippen MR) is 127 cm³/mol. The Morgan fingerprint density at radius 2 is 1.72 bits per heavy atom. The SMILES string of the molecule is CN(C)CCc1ccc(NC(=O)C2CCN(S(=O)(=O)c3ccc4c(c3)CCC4)CC2)cc1. The summed E-state index contributed by atoms with van der Waals surface area (Å²) in [6, 6.07) is 13.5. The molecule has 0 bridgehead atoms. The standard InChI is InChI=1S/C25H33N3O3S/c1-27(2)15-12-19-6-9-23(10-7-19)26-25(29)21-13-16-28(17-14-21)32(30,31)24-11-8-20-4-3-5-22(20)18-24/h6-11,18,21H,3-5,12-17H2,1-2H3,(H,26,29). The molecule has 32 heavy (non-hydrogen) atoms. The van der Waals surface area contributed by atoms with E-state index in [0.717, 1.165) is 43.5 Å². The summed E-state index contributed by atoms with van der Waals surface area (Å²) in [5.41, 5.74) is 4.46. The number of hydrogen-bond acceptors (Lipinski definition) is 4. The van der Waals surface area contributed by atoms with E-state index in [4.69, 9.17) is 0 Å². The fourth-order valence-electron chi connectivity index (χ4n) is 4.57. The third-order valence-corrected chi connectivity index (χ3v) is 8.50. The zero-order valence-electron chi connectivity index (χ0n) is 19.0. The van der Waals surface area contributed by atoms with Crippen LogP contribution in [0.1, 0.15) is 36.0 Å². The quantitative estimate of drug-likeness (QED) is 0.695. The highest BCUT2D eigenvalue weighted by atomic mass is 32.2. The van der Waals surface area contributed by atoms with Crippen molar-refractivity contribution in [2.24, 2.45) is 5.92 Å². The maximum atomic E-state index is 13.1. The highest BCUT2D eigenvalue weighted by Gasteiger charge is 2.32. The summed E-state index contributed by atoms with van der Waals surface area (Å²) in [6.07, 6.45) is 5.14. The Kier molecular flexibility index (Phi) is 6.98. The first-order valence-electron chi connectivity index (χ1n) is 11.5. The molecule has 1 N–H and O–H groups in total. The van der Waals surface area contributed by atoms with E-state index in [0.29, 0.717) is 30.8 Å². The average molecular weight is 456 g/mol. The highest BCUT2D eigenvalue weighted by Crippen LogP contribution is 2.29. The first kappa shape index (κ1) is 23.0. The first-order valence-corrected chi connectivity index (χ1v) is 12.9. The van der Waals surface area contributed by atoms with Gasteiger partial charge in [0.2, 0.25) is 15.9 Å². The number of carbonyl (C=O) groups excluding carboxylic acids is 1. The van der Waals surface area contributed by atoms with E-state index in [9.17, 15) is 13.2 Å². The molecule has 0 atom stereocenters. The lowest BCUT2D eigenvalue weighted by Gasteiger charge is -2.30. The van der Waals surface area contributed by atoms with Crippen LogP contribution in [0.2, 0.25) is 0 Å². The lowest BCUT2D eigenvalue weighted by atomic mass is 9.97. The molecule has 7 heteroatoms. The number of nitrogens with zero attached hydrogens (tertiary/aromatic N) is 2. The van der Waals surface area contributed by atoms with Crippen LogP contribution in [0.4, 0.5) is 5.69 Å². The molecule has 1 aliphatic heterocycles. The van der Waals surface area contributed by atoms with Crippen molar-refractivity contribution in [2.45, 2.75) is 43.4 Å². The van der Waals surface area contributed by atoms with Gasteiger partial charge in [-0.25, -0.2) is 8.42 Å².